The quantitative estimate of drug-likeness (QED) is 0.858. The molecule has 3 nitrogen and oxygen atoms in total. The van der Waals surface area contributed by atoms with Crippen LogP contribution < -0.4 is 9.47 Å². The zero-order valence-electron chi connectivity index (χ0n) is 10.7. The largest absolute Gasteiger partial charge is 0.497 e. The van der Waals surface area contributed by atoms with E-state index in [4.69, 9.17) is 14.7 Å². The number of ether oxygens (including phenoxy) is 2. The Morgan fingerprint density at radius 2 is 1.90 bits per heavy atom. The van der Waals surface area contributed by atoms with Crippen molar-refractivity contribution in [1.82, 2.24) is 0 Å². The molecule has 0 aliphatic carbocycles. The van der Waals surface area contributed by atoms with E-state index in [1.54, 1.807) is 6.07 Å². The van der Waals surface area contributed by atoms with Gasteiger partial charge in [-0.05, 0) is 30.3 Å². The average molecular weight is 275 g/mol. The van der Waals surface area contributed by atoms with Crippen molar-refractivity contribution < 1.29 is 18.3 Å². The molecule has 2 rings (SSSR count). The van der Waals surface area contributed by atoms with Crippen molar-refractivity contribution in [3.63, 3.8) is 0 Å². The zero-order valence-corrected chi connectivity index (χ0v) is 10.7. The number of hydrogen-bond acceptors (Lipinski definition) is 3. The summed E-state index contributed by atoms with van der Waals surface area (Å²) in [5.41, 5.74) is 0.486. The summed E-state index contributed by atoms with van der Waals surface area (Å²) in [5, 5.41) is 8.63. The Labute approximate surface area is 115 Å². The van der Waals surface area contributed by atoms with Crippen LogP contribution in [0.5, 0.6) is 11.5 Å². The standard InChI is InChI=1S/C15H11F2NO2/c1-19-12-4-3-11(13(16)7-12)9-20-15-5-2-10(8-18)6-14(15)17/h2-7H,9H2,1H3. The van der Waals surface area contributed by atoms with Crippen molar-refractivity contribution >= 4 is 0 Å². The second-order valence-electron chi connectivity index (χ2n) is 4.00. The van der Waals surface area contributed by atoms with Crippen LogP contribution in [0.2, 0.25) is 0 Å². The Balaban J connectivity index is 2.11. The van der Waals surface area contributed by atoms with E-state index >= 15 is 0 Å². The van der Waals surface area contributed by atoms with Crippen LogP contribution in [0, 0.1) is 23.0 Å². The fourth-order valence-corrected chi connectivity index (χ4v) is 1.62. The van der Waals surface area contributed by atoms with Gasteiger partial charge in [0.1, 0.15) is 18.2 Å². The van der Waals surface area contributed by atoms with E-state index in [9.17, 15) is 8.78 Å². The van der Waals surface area contributed by atoms with Crippen molar-refractivity contribution in [2.24, 2.45) is 0 Å². The fraction of sp³-hybridized carbons (Fsp3) is 0.133. The Morgan fingerprint density at radius 1 is 1.10 bits per heavy atom. The van der Waals surface area contributed by atoms with Gasteiger partial charge < -0.3 is 9.47 Å². The molecule has 5 heteroatoms. The van der Waals surface area contributed by atoms with Gasteiger partial charge in [0, 0.05) is 11.6 Å². The van der Waals surface area contributed by atoms with Crippen LogP contribution in [0.25, 0.3) is 0 Å². The Kier molecular flexibility index (Phi) is 4.16. The first-order chi connectivity index (χ1) is 9.63. The van der Waals surface area contributed by atoms with Crippen molar-refractivity contribution in [3.05, 3.63) is 59.2 Å². The smallest absolute Gasteiger partial charge is 0.166 e. The molecule has 102 valence electrons. The topological polar surface area (TPSA) is 42.2 Å². The molecule has 0 fully saturated rings. The van der Waals surface area contributed by atoms with E-state index in [0.29, 0.717) is 5.75 Å². The lowest BCUT2D eigenvalue weighted by atomic mass is 10.2. The molecule has 0 saturated heterocycles. The molecule has 0 aromatic heterocycles. The Morgan fingerprint density at radius 3 is 2.50 bits per heavy atom. The zero-order chi connectivity index (χ0) is 14.5. The molecule has 0 atom stereocenters. The van der Waals surface area contributed by atoms with Gasteiger partial charge in [0.2, 0.25) is 0 Å². The molecule has 0 spiro atoms. The fourth-order valence-electron chi connectivity index (χ4n) is 1.62. The van der Waals surface area contributed by atoms with E-state index in [1.165, 1.54) is 31.4 Å². The third-order valence-electron chi connectivity index (χ3n) is 2.70. The molecule has 0 amide bonds. The predicted molar refractivity (Wildman–Crippen MR) is 68.4 cm³/mol. The molecular weight excluding hydrogens is 264 g/mol. The number of rotatable bonds is 4. The van der Waals surface area contributed by atoms with Crippen LogP contribution >= 0.6 is 0 Å². The molecule has 20 heavy (non-hydrogen) atoms. The molecule has 2 aromatic rings. The van der Waals surface area contributed by atoms with E-state index in [1.807, 2.05) is 6.07 Å². The molecule has 0 unspecified atom stereocenters. The maximum atomic E-state index is 13.7. The molecule has 0 heterocycles. The number of hydrogen-bond donors (Lipinski definition) is 0. The number of nitrogens with zero attached hydrogens (tertiary/aromatic N) is 1. The summed E-state index contributed by atoms with van der Waals surface area (Å²) < 4.78 is 37.3. The number of halogens is 2. The summed E-state index contributed by atoms with van der Waals surface area (Å²) >= 11 is 0. The van der Waals surface area contributed by atoms with Gasteiger partial charge in [-0.2, -0.15) is 5.26 Å². The lowest BCUT2D eigenvalue weighted by molar-refractivity contribution is 0.284. The third-order valence-corrected chi connectivity index (χ3v) is 2.70. The molecule has 2 aromatic carbocycles. The molecule has 0 bridgehead atoms. The van der Waals surface area contributed by atoms with Crippen LogP contribution in [0.1, 0.15) is 11.1 Å². The van der Waals surface area contributed by atoms with Gasteiger partial charge in [-0.3, -0.25) is 0 Å². The monoisotopic (exact) mass is 275 g/mol. The molecule has 0 aliphatic heterocycles. The van der Waals surface area contributed by atoms with Crippen molar-refractivity contribution in [3.8, 4) is 17.6 Å². The second kappa shape index (κ2) is 6.02. The number of nitriles is 1. The summed E-state index contributed by atoms with van der Waals surface area (Å²) in [6, 6.07) is 10.00. The highest BCUT2D eigenvalue weighted by Gasteiger charge is 2.08. The van der Waals surface area contributed by atoms with Crippen LogP contribution in [0.3, 0.4) is 0 Å². The van der Waals surface area contributed by atoms with Gasteiger partial charge >= 0.3 is 0 Å². The lowest BCUT2D eigenvalue weighted by Crippen LogP contribution is -2.00. The highest BCUT2D eigenvalue weighted by Crippen LogP contribution is 2.21. The summed E-state index contributed by atoms with van der Waals surface area (Å²) in [6.45, 7) is -0.112. The first-order valence-electron chi connectivity index (χ1n) is 5.79. The Hall–Kier alpha value is -2.61. The molecule has 0 N–H and O–H groups in total. The Bertz CT molecular complexity index is 665. The minimum absolute atomic E-state index is 0.0285. The van der Waals surface area contributed by atoms with Crippen LogP contribution in [0.15, 0.2) is 36.4 Å². The lowest BCUT2D eigenvalue weighted by Gasteiger charge is -2.09. The molecular formula is C15H11F2NO2. The second-order valence-corrected chi connectivity index (χ2v) is 4.00. The number of benzene rings is 2. The highest BCUT2D eigenvalue weighted by atomic mass is 19.1. The van der Waals surface area contributed by atoms with Gasteiger partial charge in [0.15, 0.2) is 11.6 Å². The van der Waals surface area contributed by atoms with Crippen molar-refractivity contribution in [2.45, 2.75) is 6.61 Å². The van der Waals surface area contributed by atoms with Gasteiger partial charge in [0.05, 0.1) is 18.7 Å². The van der Waals surface area contributed by atoms with E-state index in [0.717, 1.165) is 6.07 Å². The SMILES string of the molecule is COc1ccc(COc2ccc(C#N)cc2F)c(F)c1. The van der Waals surface area contributed by atoms with Crippen LogP contribution in [-0.2, 0) is 6.61 Å². The molecule has 0 aliphatic rings. The first-order valence-corrected chi connectivity index (χ1v) is 5.79. The van der Waals surface area contributed by atoms with Crippen molar-refractivity contribution in [2.75, 3.05) is 7.11 Å². The molecule has 0 radical (unpaired) electrons. The summed E-state index contributed by atoms with van der Waals surface area (Å²) in [6.07, 6.45) is 0. The third kappa shape index (κ3) is 3.04. The normalized spacial score (nSPS) is 9.90. The first kappa shape index (κ1) is 13.8. The van der Waals surface area contributed by atoms with Gasteiger partial charge in [-0.1, -0.05) is 0 Å². The van der Waals surface area contributed by atoms with Crippen LogP contribution in [-0.4, -0.2) is 7.11 Å². The van der Waals surface area contributed by atoms with E-state index < -0.39 is 11.6 Å². The van der Waals surface area contributed by atoms with Crippen LogP contribution in [0.4, 0.5) is 8.78 Å². The predicted octanol–water partition coefficient (Wildman–Crippen LogP) is 3.42. The highest BCUT2D eigenvalue weighted by molar-refractivity contribution is 5.36. The average Bonchev–Trinajstić information content (AvgIpc) is 2.46. The minimum Gasteiger partial charge on any atom is -0.497 e. The summed E-state index contributed by atoms with van der Waals surface area (Å²) in [5.74, 6) is -0.772. The van der Waals surface area contributed by atoms with Gasteiger partial charge in [-0.25, -0.2) is 8.78 Å². The van der Waals surface area contributed by atoms with Gasteiger partial charge in [0.25, 0.3) is 0 Å². The number of methoxy groups -OCH3 is 1. The van der Waals surface area contributed by atoms with Gasteiger partial charge in [-0.15, -0.1) is 0 Å². The van der Waals surface area contributed by atoms with E-state index in [2.05, 4.69) is 0 Å². The van der Waals surface area contributed by atoms with Crippen molar-refractivity contribution in [1.29, 1.82) is 5.26 Å². The molecule has 0 saturated carbocycles. The summed E-state index contributed by atoms with van der Waals surface area (Å²) in [4.78, 5) is 0. The maximum absolute atomic E-state index is 13.7. The van der Waals surface area contributed by atoms with E-state index in [-0.39, 0.29) is 23.5 Å². The summed E-state index contributed by atoms with van der Waals surface area (Å²) in [7, 11) is 1.44. The minimum atomic E-state index is -0.655. The maximum Gasteiger partial charge on any atom is 0.166 e.